The van der Waals surface area contributed by atoms with Crippen molar-refractivity contribution in [1.29, 1.82) is 0 Å². The van der Waals surface area contributed by atoms with E-state index in [1.807, 2.05) is 24.2 Å². The molecule has 0 atom stereocenters. The highest BCUT2D eigenvalue weighted by atomic mass is 35.5. The number of methoxy groups -OCH3 is 1. The Balaban J connectivity index is 1.55. The maximum absolute atomic E-state index is 12.5. The third kappa shape index (κ3) is 4.25. The lowest BCUT2D eigenvalue weighted by molar-refractivity contribution is 0.176. The molecule has 1 fully saturated rings. The average molecular weight is 363 g/mol. The minimum absolute atomic E-state index is 0.113. The third-order valence-electron chi connectivity index (χ3n) is 4.68. The van der Waals surface area contributed by atoms with E-state index >= 15 is 0 Å². The Labute approximate surface area is 152 Å². The van der Waals surface area contributed by atoms with Gasteiger partial charge in [0.05, 0.1) is 12.8 Å². The first kappa shape index (κ1) is 17.6. The summed E-state index contributed by atoms with van der Waals surface area (Å²) in [4.78, 5) is 18.6. The van der Waals surface area contributed by atoms with Gasteiger partial charge < -0.3 is 19.5 Å². The molecule has 3 rings (SSSR count). The molecule has 0 unspecified atom stereocenters. The number of halogens is 1. The van der Waals surface area contributed by atoms with Crippen LogP contribution in [0, 0.1) is 12.8 Å². The molecule has 1 aliphatic heterocycles. The van der Waals surface area contributed by atoms with Crippen LogP contribution < -0.4 is 10.1 Å². The van der Waals surface area contributed by atoms with E-state index in [9.17, 15) is 4.79 Å². The molecule has 6 nitrogen and oxygen atoms in total. The molecule has 25 heavy (non-hydrogen) atoms. The number of amides is 2. The number of aryl methyl sites for hydroxylation is 1. The van der Waals surface area contributed by atoms with Gasteiger partial charge in [0.25, 0.3) is 0 Å². The molecular formula is C18H23ClN4O2. The van der Waals surface area contributed by atoms with Gasteiger partial charge in [0.2, 0.25) is 0 Å². The van der Waals surface area contributed by atoms with Crippen molar-refractivity contribution in [2.24, 2.45) is 5.92 Å². The number of hydrogen-bond donors (Lipinski definition) is 1. The summed E-state index contributed by atoms with van der Waals surface area (Å²) >= 11 is 6.01. The van der Waals surface area contributed by atoms with Gasteiger partial charge in [-0.15, -0.1) is 0 Å². The number of piperidine rings is 1. The SMILES string of the molecule is COc1ccc(Cl)cc1NC(=O)N1CCC(Cn2ccnc2C)CC1. The number of hydrogen-bond acceptors (Lipinski definition) is 3. The lowest BCUT2D eigenvalue weighted by atomic mass is 9.97. The van der Waals surface area contributed by atoms with Crippen molar-refractivity contribution in [2.45, 2.75) is 26.3 Å². The van der Waals surface area contributed by atoms with Gasteiger partial charge in [-0.2, -0.15) is 0 Å². The number of ether oxygens (including phenoxy) is 1. The second-order valence-corrected chi connectivity index (χ2v) is 6.77. The van der Waals surface area contributed by atoms with Gasteiger partial charge in [0, 0.05) is 37.1 Å². The zero-order valence-corrected chi connectivity index (χ0v) is 15.3. The second kappa shape index (κ2) is 7.78. The Hall–Kier alpha value is -2.21. The zero-order chi connectivity index (χ0) is 17.8. The van der Waals surface area contributed by atoms with Gasteiger partial charge >= 0.3 is 6.03 Å². The number of imidazole rings is 1. The number of nitrogens with zero attached hydrogens (tertiary/aromatic N) is 3. The summed E-state index contributed by atoms with van der Waals surface area (Å²) in [5, 5.41) is 3.46. The monoisotopic (exact) mass is 362 g/mol. The van der Waals surface area contributed by atoms with Crippen LogP contribution in [0.5, 0.6) is 5.75 Å². The van der Waals surface area contributed by atoms with E-state index in [0.29, 0.717) is 22.4 Å². The number of anilines is 1. The van der Waals surface area contributed by atoms with Crippen LogP contribution in [-0.2, 0) is 6.54 Å². The van der Waals surface area contributed by atoms with Gasteiger partial charge in [-0.1, -0.05) is 11.6 Å². The standard InChI is InChI=1S/C18H23ClN4O2/c1-13-20-7-10-23(13)12-14-5-8-22(9-6-14)18(24)21-16-11-15(19)3-4-17(16)25-2/h3-4,7,10-11,14H,5-6,8-9,12H2,1-2H3,(H,21,24). The molecule has 2 aromatic rings. The zero-order valence-electron chi connectivity index (χ0n) is 14.5. The number of nitrogens with one attached hydrogen (secondary N) is 1. The molecule has 7 heteroatoms. The van der Waals surface area contributed by atoms with Crippen molar-refractivity contribution in [1.82, 2.24) is 14.5 Å². The summed E-state index contributed by atoms with van der Waals surface area (Å²) < 4.78 is 7.45. The maximum atomic E-state index is 12.5. The predicted molar refractivity (Wildman–Crippen MR) is 98.3 cm³/mol. The van der Waals surface area contributed by atoms with Crippen molar-refractivity contribution >= 4 is 23.3 Å². The normalized spacial score (nSPS) is 15.2. The van der Waals surface area contributed by atoms with E-state index in [1.165, 1.54) is 0 Å². The Morgan fingerprint density at radius 2 is 2.16 bits per heavy atom. The highest BCUT2D eigenvalue weighted by Crippen LogP contribution is 2.28. The number of aromatic nitrogens is 2. The first-order valence-corrected chi connectivity index (χ1v) is 8.82. The summed E-state index contributed by atoms with van der Waals surface area (Å²) in [5.74, 6) is 2.20. The molecule has 1 N–H and O–H groups in total. The smallest absolute Gasteiger partial charge is 0.321 e. The molecule has 0 spiro atoms. The first-order chi connectivity index (χ1) is 12.1. The quantitative estimate of drug-likeness (QED) is 0.900. The summed E-state index contributed by atoms with van der Waals surface area (Å²) in [6.45, 7) is 4.46. The van der Waals surface area contributed by atoms with Crippen LogP contribution >= 0.6 is 11.6 Å². The Kier molecular flexibility index (Phi) is 5.48. The molecule has 1 aromatic carbocycles. The fraction of sp³-hybridized carbons (Fsp3) is 0.444. The largest absolute Gasteiger partial charge is 0.495 e. The third-order valence-corrected chi connectivity index (χ3v) is 4.92. The fourth-order valence-electron chi connectivity index (χ4n) is 3.17. The number of carbonyl (C=O) groups is 1. The Bertz CT molecular complexity index is 738. The van der Waals surface area contributed by atoms with Gasteiger partial charge in [-0.3, -0.25) is 0 Å². The molecule has 0 bridgehead atoms. The second-order valence-electron chi connectivity index (χ2n) is 6.33. The maximum Gasteiger partial charge on any atom is 0.321 e. The van der Waals surface area contributed by atoms with Crippen molar-refractivity contribution in [2.75, 3.05) is 25.5 Å². The summed E-state index contributed by atoms with van der Waals surface area (Å²) in [5.41, 5.74) is 0.594. The number of urea groups is 1. The minimum Gasteiger partial charge on any atom is -0.495 e. The van der Waals surface area contributed by atoms with Crippen molar-refractivity contribution < 1.29 is 9.53 Å². The van der Waals surface area contributed by atoms with Crippen LogP contribution in [0.1, 0.15) is 18.7 Å². The van der Waals surface area contributed by atoms with E-state index < -0.39 is 0 Å². The number of carbonyl (C=O) groups excluding carboxylic acids is 1. The Morgan fingerprint density at radius 1 is 1.40 bits per heavy atom. The van der Waals surface area contributed by atoms with Gasteiger partial charge in [0.15, 0.2) is 0 Å². The molecule has 0 radical (unpaired) electrons. The molecule has 1 aliphatic rings. The average Bonchev–Trinajstić information content (AvgIpc) is 3.00. The van der Waals surface area contributed by atoms with Crippen LogP contribution in [0.25, 0.3) is 0 Å². The first-order valence-electron chi connectivity index (χ1n) is 8.44. The molecular weight excluding hydrogens is 340 g/mol. The van der Waals surface area contributed by atoms with Crippen LogP contribution in [0.4, 0.5) is 10.5 Å². The van der Waals surface area contributed by atoms with E-state index in [4.69, 9.17) is 16.3 Å². The molecule has 2 amide bonds. The topological polar surface area (TPSA) is 59.4 Å². The summed E-state index contributed by atoms with van der Waals surface area (Å²) in [7, 11) is 1.57. The lowest BCUT2D eigenvalue weighted by Crippen LogP contribution is -2.41. The van der Waals surface area contributed by atoms with Crippen LogP contribution in [0.15, 0.2) is 30.6 Å². The molecule has 0 saturated carbocycles. The molecule has 0 aliphatic carbocycles. The van der Waals surface area contributed by atoms with Crippen LogP contribution in [0.2, 0.25) is 5.02 Å². The van der Waals surface area contributed by atoms with Crippen molar-refractivity contribution in [3.8, 4) is 5.75 Å². The van der Waals surface area contributed by atoms with E-state index in [2.05, 4.69) is 14.9 Å². The Morgan fingerprint density at radius 3 is 2.80 bits per heavy atom. The van der Waals surface area contributed by atoms with Gasteiger partial charge in [-0.05, 0) is 43.9 Å². The van der Waals surface area contributed by atoms with E-state index in [-0.39, 0.29) is 6.03 Å². The van der Waals surface area contributed by atoms with Gasteiger partial charge in [-0.25, -0.2) is 9.78 Å². The molecule has 1 aromatic heterocycles. The highest BCUT2D eigenvalue weighted by Gasteiger charge is 2.24. The summed E-state index contributed by atoms with van der Waals surface area (Å²) in [6, 6.07) is 5.07. The number of rotatable bonds is 4. The molecule has 134 valence electrons. The highest BCUT2D eigenvalue weighted by molar-refractivity contribution is 6.31. The number of benzene rings is 1. The fourth-order valence-corrected chi connectivity index (χ4v) is 3.34. The lowest BCUT2D eigenvalue weighted by Gasteiger charge is -2.32. The van der Waals surface area contributed by atoms with Crippen molar-refractivity contribution in [3.05, 3.63) is 41.4 Å². The van der Waals surface area contributed by atoms with Gasteiger partial charge in [0.1, 0.15) is 11.6 Å². The minimum atomic E-state index is -0.113. The van der Waals surface area contributed by atoms with Crippen LogP contribution in [-0.4, -0.2) is 40.7 Å². The van der Waals surface area contributed by atoms with E-state index in [0.717, 1.165) is 38.3 Å². The van der Waals surface area contributed by atoms with Crippen LogP contribution in [0.3, 0.4) is 0 Å². The summed E-state index contributed by atoms with van der Waals surface area (Å²) in [6.07, 6.45) is 5.81. The molecule has 2 heterocycles. The molecule has 1 saturated heterocycles. The number of likely N-dealkylation sites (tertiary alicyclic amines) is 1. The van der Waals surface area contributed by atoms with Crippen molar-refractivity contribution in [3.63, 3.8) is 0 Å². The van der Waals surface area contributed by atoms with E-state index in [1.54, 1.807) is 25.3 Å². The predicted octanol–water partition coefficient (Wildman–Crippen LogP) is 3.80.